The maximum Gasteiger partial charge on any atom is 0.132 e. The van der Waals surface area contributed by atoms with Gasteiger partial charge in [-0.25, -0.2) is 9.97 Å². The van der Waals surface area contributed by atoms with Crippen molar-refractivity contribution >= 4 is 5.69 Å². The van der Waals surface area contributed by atoms with Gasteiger partial charge in [0.2, 0.25) is 0 Å². The van der Waals surface area contributed by atoms with Crippen molar-refractivity contribution < 1.29 is 4.74 Å². The van der Waals surface area contributed by atoms with Gasteiger partial charge < -0.3 is 10.5 Å². The lowest BCUT2D eigenvalue weighted by Gasteiger charge is -2.05. The Morgan fingerprint density at radius 1 is 1.11 bits per heavy atom. The van der Waals surface area contributed by atoms with E-state index < -0.39 is 0 Å². The summed E-state index contributed by atoms with van der Waals surface area (Å²) in [6.07, 6.45) is 4.97. The first-order valence-electron chi connectivity index (χ1n) is 6.06. The highest BCUT2D eigenvalue weighted by Crippen LogP contribution is 2.14. The van der Waals surface area contributed by atoms with Gasteiger partial charge in [0.15, 0.2) is 0 Å². The Bertz CT molecular complexity index is 479. The fourth-order valence-corrected chi connectivity index (χ4v) is 1.56. The van der Waals surface area contributed by atoms with Gasteiger partial charge in [0.25, 0.3) is 0 Å². The van der Waals surface area contributed by atoms with Crippen LogP contribution in [0, 0.1) is 0 Å². The topological polar surface area (TPSA) is 61.0 Å². The Kier molecular flexibility index (Phi) is 4.12. The fraction of sp³-hybridized carbons (Fsp3) is 0.286. The van der Waals surface area contributed by atoms with Gasteiger partial charge in [-0.05, 0) is 24.1 Å². The number of nitrogen functional groups attached to an aromatic ring is 1. The van der Waals surface area contributed by atoms with E-state index in [1.807, 2.05) is 24.3 Å². The molecule has 2 N–H and O–H groups in total. The summed E-state index contributed by atoms with van der Waals surface area (Å²) >= 11 is 0. The molecule has 4 heteroatoms. The van der Waals surface area contributed by atoms with Crippen molar-refractivity contribution in [1.29, 1.82) is 0 Å². The minimum absolute atomic E-state index is 0.585. The molecule has 18 heavy (non-hydrogen) atoms. The van der Waals surface area contributed by atoms with Gasteiger partial charge in [0, 0.05) is 6.42 Å². The summed E-state index contributed by atoms with van der Waals surface area (Å²) in [5.74, 6) is 1.67. The van der Waals surface area contributed by atoms with E-state index in [9.17, 15) is 0 Å². The molecular formula is C14H17N3O. The molecule has 0 saturated heterocycles. The molecule has 94 valence electrons. The first-order chi connectivity index (χ1) is 8.78. The minimum atomic E-state index is 0.585. The molecule has 0 aliphatic rings. The van der Waals surface area contributed by atoms with Crippen LogP contribution < -0.4 is 10.5 Å². The van der Waals surface area contributed by atoms with Crippen LogP contribution in [-0.2, 0) is 6.42 Å². The second-order valence-corrected chi connectivity index (χ2v) is 4.10. The van der Waals surface area contributed by atoms with Crippen molar-refractivity contribution in [3.8, 4) is 5.75 Å². The van der Waals surface area contributed by atoms with Gasteiger partial charge in [0.1, 0.15) is 11.6 Å². The number of aromatic nitrogens is 2. The van der Waals surface area contributed by atoms with Crippen LogP contribution in [0.4, 0.5) is 5.69 Å². The first kappa shape index (κ1) is 12.4. The second kappa shape index (κ2) is 6.00. The van der Waals surface area contributed by atoms with Gasteiger partial charge in [-0.3, -0.25) is 0 Å². The molecule has 0 aliphatic heterocycles. The minimum Gasteiger partial charge on any atom is -0.494 e. The van der Waals surface area contributed by atoms with Crippen LogP contribution >= 0.6 is 0 Å². The Morgan fingerprint density at radius 3 is 2.39 bits per heavy atom. The summed E-state index contributed by atoms with van der Waals surface area (Å²) in [4.78, 5) is 8.36. The number of rotatable bonds is 5. The smallest absolute Gasteiger partial charge is 0.132 e. The quantitative estimate of drug-likeness (QED) is 0.876. The maximum absolute atomic E-state index is 5.54. The van der Waals surface area contributed by atoms with Crippen LogP contribution in [0.1, 0.15) is 24.7 Å². The van der Waals surface area contributed by atoms with Gasteiger partial charge in [-0.15, -0.1) is 0 Å². The molecule has 0 fully saturated rings. The third-order valence-corrected chi connectivity index (χ3v) is 2.48. The Balaban J connectivity index is 1.99. The number of ether oxygens (including phenoxy) is 1. The molecule has 0 aliphatic carbocycles. The van der Waals surface area contributed by atoms with E-state index in [1.54, 1.807) is 12.4 Å². The normalized spacial score (nSPS) is 10.3. The number of nitrogens with two attached hydrogens (primary N) is 1. The lowest BCUT2D eigenvalue weighted by atomic mass is 10.1. The van der Waals surface area contributed by atoms with Crippen molar-refractivity contribution in [3.05, 3.63) is 48.0 Å². The molecule has 4 nitrogen and oxygen atoms in total. The van der Waals surface area contributed by atoms with E-state index in [0.717, 1.165) is 30.2 Å². The highest BCUT2D eigenvalue weighted by Gasteiger charge is 2.00. The summed E-state index contributed by atoms with van der Waals surface area (Å²) in [5, 5.41) is 0. The average molecular weight is 243 g/mol. The van der Waals surface area contributed by atoms with E-state index in [0.29, 0.717) is 12.1 Å². The number of anilines is 1. The fourth-order valence-electron chi connectivity index (χ4n) is 1.56. The van der Waals surface area contributed by atoms with E-state index >= 15 is 0 Å². The van der Waals surface area contributed by atoms with Crippen LogP contribution in [0.5, 0.6) is 5.75 Å². The predicted octanol–water partition coefficient (Wildman–Crippen LogP) is 2.44. The van der Waals surface area contributed by atoms with Crippen LogP contribution in [0.15, 0.2) is 36.7 Å². The molecule has 0 spiro atoms. The summed E-state index contributed by atoms with van der Waals surface area (Å²) < 4.78 is 5.53. The van der Waals surface area contributed by atoms with E-state index in [2.05, 4.69) is 16.9 Å². The van der Waals surface area contributed by atoms with E-state index in [-0.39, 0.29) is 0 Å². The van der Waals surface area contributed by atoms with Gasteiger partial charge in [-0.2, -0.15) is 0 Å². The van der Waals surface area contributed by atoms with Crippen LogP contribution in [0.3, 0.4) is 0 Å². The zero-order valence-electron chi connectivity index (χ0n) is 10.5. The maximum atomic E-state index is 5.54. The Hall–Kier alpha value is -2.10. The zero-order valence-corrected chi connectivity index (χ0v) is 10.5. The van der Waals surface area contributed by atoms with Crippen molar-refractivity contribution in [1.82, 2.24) is 9.97 Å². The molecule has 0 atom stereocenters. The standard InChI is InChI=1S/C14H17N3O/c1-2-7-18-13-5-3-11(4-6-13)8-14-16-9-12(15)10-17-14/h3-6,9-10H,2,7-8,15H2,1H3. The molecule has 0 unspecified atom stereocenters. The van der Waals surface area contributed by atoms with Crippen molar-refractivity contribution in [2.24, 2.45) is 0 Å². The van der Waals surface area contributed by atoms with Crippen LogP contribution in [-0.4, -0.2) is 16.6 Å². The lowest BCUT2D eigenvalue weighted by molar-refractivity contribution is 0.317. The van der Waals surface area contributed by atoms with Crippen molar-refractivity contribution in [3.63, 3.8) is 0 Å². The van der Waals surface area contributed by atoms with Crippen LogP contribution in [0.25, 0.3) is 0 Å². The first-order valence-corrected chi connectivity index (χ1v) is 6.06. The number of nitrogens with zero attached hydrogens (tertiary/aromatic N) is 2. The monoisotopic (exact) mass is 243 g/mol. The molecule has 0 radical (unpaired) electrons. The molecule has 0 amide bonds. The molecule has 2 rings (SSSR count). The predicted molar refractivity (Wildman–Crippen MR) is 71.5 cm³/mol. The summed E-state index contributed by atoms with van der Waals surface area (Å²) in [6, 6.07) is 8.01. The molecule has 0 saturated carbocycles. The average Bonchev–Trinajstić information content (AvgIpc) is 2.41. The summed E-state index contributed by atoms with van der Waals surface area (Å²) in [7, 11) is 0. The Morgan fingerprint density at radius 2 is 1.78 bits per heavy atom. The van der Waals surface area contributed by atoms with Crippen molar-refractivity contribution in [2.45, 2.75) is 19.8 Å². The summed E-state index contributed by atoms with van der Waals surface area (Å²) in [6.45, 7) is 2.84. The number of hydrogen-bond acceptors (Lipinski definition) is 4. The highest BCUT2D eigenvalue weighted by molar-refractivity contribution is 5.32. The van der Waals surface area contributed by atoms with E-state index in [4.69, 9.17) is 10.5 Å². The zero-order chi connectivity index (χ0) is 12.8. The number of hydrogen-bond donors (Lipinski definition) is 1. The van der Waals surface area contributed by atoms with Gasteiger partial charge >= 0.3 is 0 Å². The molecular weight excluding hydrogens is 226 g/mol. The molecule has 1 aromatic carbocycles. The van der Waals surface area contributed by atoms with Crippen molar-refractivity contribution in [2.75, 3.05) is 12.3 Å². The third kappa shape index (κ3) is 3.45. The van der Waals surface area contributed by atoms with Crippen LogP contribution in [0.2, 0.25) is 0 Å². The molecule has 2 aromatic rings. The molecule has 1 heterocycles. The highest BCUT2D eigenvalue weighted by atomic mass is 16.5. The Labute approximate surface area is 107 Å². The van der Waals surface area contributed by atoms with Gasteiger partial charge in [-0.1, -0.05) is 19.1 Å². The van der Waals surface area contributed by atoms with E-state index in [1.165, 1.54) is 0 Å². The molecule has 1 aromatic heterocycles. The third-order valence-electron chi connectivity index (χ3n) is 2.48. The SMILES string of the molecule is CCCOc1ccc(Cc2ncc(N)cn2)cc1. The largest absolute Gasteiger partial charge is 0.494 e. The second-order valence-electron chi connectivity index (χ2n) is 4.10. The van der Waals surface area contributed by atoms with Gasteiger partial charge in [0.05, 0.1) is 24.7 Å². The molecule has 0 bridgehead atoms. The summed E-state index contributed by atoms with van der Waals surface area (Å²) in [5.41, 5.74) is 7.29. The number of benzene rings is 1. The lowest BCUT2D eigenvalue weighted by Crippen LogP contribution is -1.98.